The zero-order valence-corrected chi connectivity index (χ0v) is 9.35. The van der Waals surface area contributed by atoms with E-state index in [1.54, 1.807) is 0 Å². The molecular formula is C11H19NO3. The monoisotopic (exact) mass is 213 g/mol. The summed E-state index contributed by atoms with van der Waals surface area (Å²) in [5.74, 6) is -0.532. The van der Waals surface area contributed by atoms with E-state index in [1.165, 1.54) is 6.42 Å². The SMILES string of the molecule is CC1(C)O[C@H]2[C@H](O)[C@@H]3CCCN3C[C@@H]2O1. The third kappa shape index (κ3) is 1.51. The van der Waals surface area contributed by atoms with Crippen LogP contribution in [0.15, 0.2) is 0 Å². The Kier molecular flexibility index (Phi) is 2.12. The molecule has 0 aliphatic carbocycles. The summed E-state index contributed by atoms with van der Waals surface area (Å²) in [5, 5.41) is 10.2. The summed E-state index contributed by atoms with van der Waals surface area (Å²) < 4.78 is 11.6. The molecule has 3 rings (SSSR count). The molecule has 4 atom stereocenters. The third-order valence-corrected chi connectivity index (χ3v) is 3.78. The largest absolute Gasteiger partial charge is 0.389 e. The summed E-state index contributed by atoms with van der Waals surface area (Å²) in [5.41, 5.74) is 0. The van der Waals surface area contributed by atoms with E-state index in [4.69, 9.17) is 9.47 Å². The number of ether oxygens (including phenoxy) is 2. The Hall–Kier alpha value is -0.160. The number of nitrogens with zero attached hydrogens (tertiary/aromatic N) is 1. The first-order valence-electron chi connectivity index (χ1n) is 5.85. The second-order valence-corrected chi connectivity index (χ2v) is 5.33. The first kappa shape index (κ1) is 10.0. The lowest BCUT2D eigenvalue weighted by Crippen LogP contribution is -2.57. The normalized spacial score (nSPS) is 49.0. The number of hydrogen-bond acceptors (Lipinski definition) is 4. The molecule has 0 aromatic rings. The van der Waals surface area contributed by atoms with Gasteiger partial charge in [0.05, 0.1) is 6.10 Å². The Morgan fingerprint density at radius 2 is 2.13 bits per heavy atom. The Balaban J connectivity index is 1.81. The van der Waals surface area contributed by atoms with E-state index in [0.29, 0.717) is 6.04 Å². The minimum Gasteiger partial charge on any atom is -0.389 e. The van der Waals surface area contributed by atoms with Crippen molar-refractivity contribution < 1.29 is 14.6 Å². The van der Waals surface area contributed by atoms with Gasteiger partial charge in [-0.3, -0.25) is 4.90 Å². The quantitative estimate of drug-likeness (QED) is 0.630. The topological polar surface area (TPSA) is 41.9 Å². The number of aliphatic hydroxyl groups excluding tert-OH is 1. The fraction of sp³-hybridized carbons (Fsp3) is 1.00. The number of rotatable bonds is 0. The van der Waals surface area contributed by atoms with Crippen LogP contribution in [0.2, 0.25) is 0 Å². The summed E-state index contributed by atoms with van der Waals surface area (Å²) in [7, 11) is 0. The lowest BCUT2D eigenvalue weighted by Gasteiger charge is -2.39. The standard InChI is InChI=1S/C11H19NO3/c1-11(2)14-8-6-12-5-3-4-7(12)9(13)10(8)15-11/h7-10,13H,3-6H2,1-2H3/t7-,8-,9+,10+/m0/s1. The molecule has 4 nitrogen and oxygen atoms in total. The molecule has 0 unspecified atom stereocenters. The molecular weight excluding hydrogens is 194 g/mol. The van der Waals surface area contributed by atoms with E-state index >= 15 is 0 Å². The molecule has 0 aromatic carbocycles. The Bertz CT molecular complexity index is 267. The molecule has 0 saturated carbocycles. The Labute approximate surface area is 90.2 Å². The highest BCUT2D eigenvalue weighted by Gasteiger charge is 2.52. The van der Waals surface area contributed by atoms with Gasteiger partial charge in [0.25, 0.3) is 0 Å². The first-order chi connectivity index (χ1) is 7.07. The average molecular weight is 213 g/mol. The van der Waals surface area contributed by atoms with Crippen LogP contribution in [0.3, 0.4) is 0 Å². The van der Waals surface area contributed by atoms with Gasteiger partial charge >= 0.3 is 0 Å². The maximum atomic E-state index is 10.2. The van der Waals surface area contributed by atoms with Gasteiger partial charge in [0.2, 0.25) is 0 Å². The summed E-state index contributed by atoms with van der Waals surface area (Å²) in [6.07, 6.45) is 1.82. The Morgan fingerprint density at radius 3 is 2.93 bits per heavy atom. The van der Waals surface area contributed by atoms with Crippen molar-refractivity contribution >= 4 is 0 Å². The van der Waals surface area contributed by atoms with Gasteiger partial charge in [-0.2, -0.15) is 0 Å². The number of aliphatic hydroxyl groups is 1. The van der Waals surface area contributed by atoms with Crippen molar-refractivity contribution in [3.63, 3.8) is 0 Å². The average Bonchev–Trinajstić information content (AvgIpc) is 2.68. The van der Waals surface area contributed by atoms with E-state index in [1.807, 2.05) is 13.8 Å². The van der Waals surface area contributed by atoms with Crippen molar-refractivity contribution in [3.05, 3.63) is 0 Å². The van der Waals surface area contributed by atoms with Gasteiger partial charge in [-0.25, -0.2) is 0 Å². The van der Waals surface area contributed by atoms with Crippen LogP contribution in [0.4, 0.5) is 0 Å². The molecule has 0 bridgehead atoms. The predicted molar refractivity (Wildman–Crippen MR) is 54.4 cm³/mol. The minimum atomic E-state index is -0.532. The number of hydrogen-bond donors (Lipinski definition) is 1. The fourth-order valence-corrected chi connectivity index (χ4v) is 3.21. The molecule has 0 radical (unpaired) electrons. The van der Waals surface area contributed by atoms with Crippen molar-refractivity contribution in [2.45, 2.75) is 56.8 Å². The zero-order chi connectivity index (χ0) is 10.6. The molecule has 3 aliphatic rings. The summed E-state index contributed by atoms with van der Waals surface area (Å²) >= 11 is 0. The van der Waals surface area contributed by atoms with Crippen molar-refractivity contribution in [2.24, 2.45) is 0 Å². The summed E-state index contributed by atoms with van der Waals surface area (Å²) in [4.78, 5) is 2.34. The van der Waals surface area contributed by atoms with Crippen LogP contribution in [-0.2, 0) is 9.47 Å². The van der Waals surface area contributed by atoms with Crippen LogP contribution >= 0.6 is 0 Å². The van der Waals surface area contributed by atoms with Gasteiger partial charge in [0, 0.05) is 12.6 Å². The Morgan fingerprint density at radius 1 is 1.33 bits per heavy atom. The van der Waals surface area contributed by atoms with E-state index in [9.17, 15) is 5.11 Å². The molecule has 3 aliphatic heterocycles. The van der Waals surface area contributed by atoms with Crippen LogP contribution in [-0.4, -0.2) is 53.2 Å². The predicted octanol–water partition coefficient (Wildman–Crippen LogP) is 0.345. The summed E-state index contributed by atoms with van der Waals surface area (Å²) in [6.45, 7) is 5.84. The number of fused-ring (bicyclic) bond motifs is 2. The minimum absolute atomic E-state index is 0.0457. The fourth-order valence-electron chi connectivity index (χ4n) is 3.21. The molecule has 15 heavy (non-hydrogen) atoms. The van der Waals surface area contributed by atoms with Crippen LogP contribution < -0.4 is 0 Å². The third-order valence-electron chi connectivity index (χ3n) is 3.78. The molecule has 3 heterocycles. The molecule has 86 valence electrons. The highest BCUT2D eigenvalue weighted by molar-refractivity contribution is 5.01. The van der Waals surface area contributed by atoms with Gasteiger partial charge < -0.3 is 14.6 Å². The lowest BCUT2D eigenvalue weighted by atomic mass is 9.94. The maximum absolute atomic E-state index is 10.2. The zero-order valence-electron chi connectivity index (χ0n) is 9.35. The van der Waals surface area contributed by atoms with Crippen LogP contribution in [0.5, 0.6) is 0 Å². The second kappa shape index (κ2) is 3.17. The molecule has 3 fully saturated rings. The lowest BCUT2D eigenvalue weighted by molar-refractivity contribution is -0.154. The second-order valence-electron chi connectivity index (χ2n) is 5.33. The van der Waals surface area contributed by atoms with Crippen LogP contribution in [0.1, 0.15) is 26.7 Å². The van der Waals surface area contributed by atoms with Crippen LogP contribution in [0.25, 0.3) is 0 Å². The van der Waals surface area contributed by atoms with Gasteiger partial charge in [0.1, 0.15) is 12.2 Å². The van der Waals surface area contributed by atoms with Gasteiger partial charge in [-0.1, -0.05) is 0 Å². The van der Waals surface area contributed by atoms with Crippen LogP contribution in [0, 0.1) is 0 Å². The van der Waals surface area contributed by atoms with Crippen molar-refractivity contribution in [1.82, 2.24) is 4.90 Å². The maximum Gasteiger partial charge on any atom is 0.163 e. The molecule has 0 spiro atoms. The number of piperidine rings is 1. The van der Waals surface area contributed by atoms with Crippen molar-refractivity contribution in [1.29, 1.82) is 0 Å². The first-order valence-corrected chi connectivity index (χ1v) is 5.85. The molecule has 4 heteroatoms. The van der Waals surface area contributed by atoms with Crippen molar-refractivity contribution in [3.8, 4) is 0 Å². The molecule has 1 N–H and O–H groups in total. The van der Waals surface area contributed by atoms with E-state index in [0.717, 1.165) is 19.5 Å². The van der Waals surface area contributed by atoms with Gasteiger partial charge in [-0.15, -0.1) is 0 Å². The molecule has 3 saturated heterocycles. The summed E-state index contributed by atoms with van der Waals surface area (Å²) in [6, 6.07) is 0.295. The van der Waals surface area contributed by atoms with Gasteiger partial charge in [0.15, 0.2) is 5.79 Å². The van der Waals surface area contributed by atoms with Crippen molar-refractivity contribution in [2.75, 3.05) is 13.1 Å². The molecule has 0 amide bonds. The van der Waals surface area contributed by atoms with E-state index < -0.39 is 5.79 Å². The van der Waals surface area contributed by atoms with E-state index in [2.05, 4.69) is 4.90 Å². The van der Waals surface area contributed by atoms with E-state index in [-0.39, 0.29) is 18.3 Å². The highest BCUT2D eigenvalue weighted by atomic mass is 16.8. The molecule has 0 aromatic heterocycles. The van der Waals surface area contributed by atoms with Gasteiger partial charge in [-0.05, 0) is 33.2 Å². The highest BCUT2D eigenvalue weighted by Crippen LogP contribution is 2.38. The smallest absolute Gasteiger partial charge is 0.163 e.